The molecule has 0 aliphatic heterocycles. The Hall–Kier alpha value is -2.43. The van der Waals surface area contributed by atoms with Gasteiger partial charge >= 0.3 is 5.97 Å². The highest BCUT2D eigenvalue weighted by molar-refractivity contribution is 5.85. The Labute approximate surface area is 111 Å². The minimum atomic E-state index is -0.551. The molecule has 0 aliphatic carbocycles. The second-order valence-corrected chi connectivity index (χ2v) is 4.13. The number of hydrogen-bond acceptors (Lipinski definition) is 5. The van der Waals surface area contributed by atoms with Crippen LogP contribution in [0.15, 0.2) is 30.5 Å². The van der Waals surface area contributed by atoms with Gasteiger partial charge < -0.3 is 10.1 Å². The third-order valence-corrected chi connectivity index (χ3v) is 2.89. The van der Waals surface area contributed by atoms with Crippen molar-refractivity contribution in [1.82, 2.24) is 9.97 Å². The van der Waals surface area contributed by atoms with Crippen LogP contribution in [0.2, 0.25) is 0 Å². The zero-order valence-electron chi connectivity index (χ0n) is 11.1. The monoisotopic (exact) mass is 257 g/mol. The molecular formula is C14H15N3O2. The van der Waals surface area contributed by atoms with Gasteiger partial charge in [-0.15, -0.1) is 0 Å². The quantitative estimate of drug-likeness (QED) is 0.856. The Kier molecular flexibility index (Phi) is 3.75. The van der Waals surface area contributed by atoms with Crippen LogP contribution < -0.4 is 5.32 Å². The molecule has 0 fully saturated rings. The maximum absolute atomic E-state index is 11.4. The standard InChI is InChI=1S/C14H15N3O2/c1-9-5-4-6-11(10(9)2)16-12-7-8-15-13(17-12)14(18)19-3/h4-8H,1-3H3,(H,15,16,17). The van der Waals surface area contributed by atoms with Gasteiger partial charge in [0.15, 0.2) is 0 Å². The topological polar surface area (TPSA) is 64.1 Å². The van der Waals surface area contributed by atoms with E-state index in [1.807, 2.05) is 32.0 Å². The first-order valence-electron chi connectivity index (χ1n) is 5.86. The zero-order chi connectivity index (χ0) is 13.8. The third kappa shape index (κ3) is 2.88. The number of carbonyl (C=O) groups excluding carboxylic acids is 1. The maximum Gasteiger partial charge on any atom is 0.376 e. The first kappa shape index (κ1) is 13.0. The number of carbonyl (C=O) groups is 1. The summed E-state index contributed by atoms with van der Waals surface area (Å²) >= 11 is 0. The summed E-state index contributed by atoms with van der Waals surface area (Å²) in [6.45, 7) is 4.07. The fourth-order valence-corrected chi connectivity index (χ4v) is 1.64. The Morgan fingerprint density at radius 2 is 2.05 bits per heavy atom. The normalized spacial score (nSPS) is 10.1. The molecular weight excluding hydrogens is 242 g/mol. The minimum Gasteiger partial charge on any atom is -0.463 e. The molecule has 0 radical (unpaired) electrons. The van der Waals surface area contributed by atoms with Crippen LogP contribution in [-0.2, 0) is 4.74 Å². The largest absolute Gasteiger partial charge is 0.463 e. The Morgan fingerprint density at radius 3 is 2.79 bits per heavy atom. The molecule has 19 heavy (non-hydrogen) atoms. The molecule has 2 aromatic rings. The molecule has 0 amide bonds. The van der Waals surface area contributed by atoms with Crippen molar-refractivity contribution in [3.63, 3.8) is 0 Å². The van der Waals surface area contributed by atoms with E-state index in [0.29, 0.717) is 5.82 Å². The number of rotatable bonds is 3. The lowest BCUT2D eigenvalue weighted by Crippen LogP contribution is -2.08. The van der Waals surface area contributed by atoms with Crippen LogP contribution in [0.25, 0.3) is 0 Å². The van der Waals surface area contributed by atoms with Crippen molar-refractivity contribution in [2.45, 2.75) is 13.8 Å². The molecule has 5 heteroatoms. The van der Waals surface area contributed by atoms with Crippen LogP contribution >= 0.6 is 0 Å². The van der Waals surface area contributed by atoms with E-state index in [-0.39, 0.29) is 5.82 Å². The van der Waals surface area contributed by atoms with E-state index in [0.717, 1.165) is 11.3 Å². The molecule has 1 aromatic carbocycles. The van der Waals surface area contributed by atoms with Gasteiger partial charge in [0, 0.05) is 11.9 Å². The fraction of sp³-hybridized carbons (Fsp3) is 0.214. The number of benzene rings is 1. The first-order chi connectivity index (χ1) is 9.11. The molecule has 0 spiro atoms. The van der Waals surface area contributed by atoms with Crippen molar-refractivity contribution in [2.75, 3.05) is 12.4 Å². The fourth-order valence-electron chi connectivity index (χ4n) is 1.64. The Balaban J connectivity index is 2.28. The summed E-state index contributed by atoms with van der Waals surface area (Å²) in [5.74, 6) is 0.0477. The number of aryl methyl sites for hydroxylation is 1. The number of methoxy groups -OCH3 is 1. The van der Waals surface area contributed by atoms with Gasteiger partial charge in [-0.3, -0.25) is 0 Å². The lowest BCUT2D eigenvalue weighted by Gasteiger charge is -2.10. The van der Waals surface area contributed by atoms with E-state index >= 15 is 0 Å². The van der Waals surface area contributed by atoms with Crippen LogP contribution in [0.4, 0.5) is 11.5 Å². The zero-order valence-corrected chi connectivity index (χ0v) is 11.1. The van der Waals surface area contributed by atoms with Crippen molar-refractivity contribution in [3.05, 3.63) is 47.4 Å². The van der Waals surface area contributed by atoms with Crippen LogP contribution in [0.1, 0.15) is 21.7 Å². The van der Waals surface area contributed by atoms with E-state index in [9.17, 15) is 4.79 Å². The number of anilines is 2. The molecule has 1 aromatic heterocycles. The molecule has 0 unspecified atom stereocenters. The predicted octanol–water partition coefficient (Wildman–Crippen LogP) is 2.62. The average molecular weight is 257 g/mol. The van der Waals surface area contributed by atoms with E-state index < -0.39 is 5.97 Å². The van der Waals surface area contributed by atoms with Gasteiger partial charge in [-0.05, 0) is 37.1 Å². The van der Waals surface area contributed by atoms with Gasteiger partial charge in [-0.25, -0.2) is 14.8 Å². The number of ether oxygens (including phenoxy) is 1. The van der Waals surface area contributed by atoms with Crippen molar-refractivity contribution in [2.24, 2.45) is 0 Å². The van der Waals surface area contributed by atoms with E-state index in [1.165, 1.54) is 18.9 Å². The van der Waals surface area contributed by atoms with Gasteiger partial charge in [0.25, 0.3) is 0 Å². The summed E-state index contributed by atoms with van der Waals surface area (Å²) in [5.41, 5.74) is 3.28. The molecule has 0 aliphatic rings. The molecule has 0 bridgehead atoms. The SMILES string of the molecule is COC(=O)c1nccc(Nc2cccc(C)c2C)n1. The van der Waals surface area contributed by atoms with Gasteiger partial charge in [-0.2, -0.15) is 0 Å². The van der Waals surface area contributed by atoms with Crippen molar-refractivity contribution >= 4 is 17.5 Å². The predicted molar refractivity (Wildman–Crippen MR) is 72.6 cm³/mol. The van der Waals surface area contributed by atoms with E-state index in [2.05, 4.69) is 20.0 Å². The van der Waals surface area contributed by atoms with Crippen LogP contribution in [-0.4, -0.2) is 23.0 Å². The second-order valence-electron chi connectivity index (χ2n) is 4.13. The number of aromatic nitrogens is 2. The smallest absolute Gasteiger partial charge is 0.376 e. The summed E-state index contributed by atoms with van der Waals surface area (Å²) < 4.78 is 4.59. The highest BCUT2D eigenvalue weighted by atomic mass is 16.5. The molecule has 5 nitrogen and oxygen atoms in total. The van der Waals surface area contributed by atoms with E-state index in [4.69, 9.17) is 0 Å². The lowest BCUT2D eigenvalue weighted by atomic mass is 10.1. The first-order valence-corrected chi connectivity index (χ1v) is 5.86. The molecule has 0 saturated carbocycles. The molecule has 1 N–H and O–H groups in total. The molecule has 98 valence electrons. The summed E-state index contributed by atoms with van der Waals surface area (Å²) in [6, 6.07) is 7.67. The third-order valence-electron chi connectivity index (χ3n) is 2.89. The molecule has 1 heterocycles. The van der Waals surface area contributed by atoms with Crippen molar-refractivity contribution < 1.29 is 9.53 Å². The van der Waals surface area contributed by atoms with Gasteiger partial charge in [0.2, 0.25) is 5.82 Å². The molecule has 2 rings (SSSR count). The molecule has 0 saturated heterocycles. The van der Waals surface area contributed by atoms with Crippen molar-refractivity contribution in [3.8, 4) is 0 Å². The van der Waals surface area contributed by atoms with Gasteiger partial charge in [0.1, 0.15) is 5.82 Å². The van der Waals surface area contributed by atoms with Gasteiger partial charge in [0.05, 0.1) is 7.11 Å². The maximum atomic E-state index is 11.4. The van der Waals surface area contributed by atoms with Crippen molar-refractivity contribution in [1.29, 1.82) is 0 Å². The summed E-state index contributed by atoms with van der Waals surface area (Å²) in [5, 5.41) is 3.17. The highest BCUT2D eigenvalue weighted by Crippen LogP contribution is 2.21. The van der Waals surface area contributed by atoms with Crippen LogP contribution in [0, 0.1) is 13.8 Å². The van der Waals surface area contributed by atoms with Crippen LogP contribution in [0.3, 0.4) is 0 Å². The summed E-state index contributed by atoms with van der Waals surface area (Å²) in [6.07, 6.45) is 1.52. The Bertz CT molecular complexity index is 611. The number of nitrogens with one attached hydrogen (secondary N) is 1. The van der Waals surface area contributed by atoms with E-state index in [1.54, 1.807) is 6.07 Å². The Morgan fingerprint density at radius 1 is 1.26 bits per heavy atom. The second kappa shape index (κ2) is 5.48. The minimum absolute atomic E-state index is 0.0396. The van der Waals surface area contributed by atoms with Gasteiger partial charge in [-0.1, -0.05) is 12.1 Å². The average Bonchev–Trinajstić information content (AvgIpc) is 2.43. The summed E-state index contributed by atoms with van der Waals surface area (Å²) in [4.78, 5) is 19.3. The summed E-state index contributed by atoms with van der Waals surface area (Å²) in [7, 11) is 1.30. The lowest BCUT2D eigenvalue weighted by molar-refractivity contribution is 0.0587. The van der Waals surface area contributed by atoms with Crippen LogP contribution in [0.5, 0.6) is 0 Å². The molecule has 0 atom stereocenters. The number of esters is 1. The number of hydrogen-bond donors (Lipinski definition) is 1. The highest BCUT2D eigenvalue weighted by Gasteiger charge is 2.10. The number of nitrogens with zero attached hydrogens (tertiary/aromatic N) is 2.